The molecule has 0 spiro atoms. The van der Waals surface area contributed by atoms with Crippen molar-refractivity contribution in [3.63, 3.8) is 0 Å². The number of halogens is 4. The summed E-state index contributed by atoms with van der Waals surface area (Å²) in [4.78, 5) is 16.0. The molecule has 0 bridgehead atoms. The summed E-state index contributed by atoms with van der Waals surface area (Å²) < 4.78 is 65.4. The molecular weight excluding hydrogens is 409 g/mol. The molecule has 0 aromatic heterocycles. The fourth-order valence-electron chi connectivity index (χ4n) is 2.04. The van der Waals surface area contributed by atoms with E-state index in [-0.39, 0.29) is 16.3 Å². The van der Waals surface area contributed by atoms with Crippen molar-refractivity contribution in [2.75, 3.05) is 18.9 Å². The Morgan fingerprint density at radius 1 is 1.15 bits per heavy atom. The van der Waals surface area contributed by atoms with Gasteiger partial charge in [0.2, 0.25) is 0 Å². The standard InChI is InChI=1S/C16H14ClF3N2O4S/c1-22(26-2)15(23)10-3-6-12(7-4-10)21-27(24,25)14-9-11(16(18,19)20)5-8-13(14)17/h3-9,21H,1-2H3. The van der Waals surface area contributed by atoms with Crippen molar-refractivity contribution in [1.29, 1.82) is 0 Å². The third-order valence-electron chi connectivity index (χ3n) is 3.49. The molecule has 0 heterocycles. The van der Waals surface area contributed by atoms with Crippen LogP contribution in [0.5, 0.6) is 0 Å². The van der Waals surface area contributed by atoms with Gasteiger partial charge in [0.1, 0.15) is 4.90 Å². The van der Waals surface area contributed by atoms with Crippen LogP contribution in [0, 0.1) is 0 Å². The van der Waals surface area contributed by atoms with Gasteiger partial charge in [0, 0.05) is 18.3 Å². The summed E-state index contributed by atoms with van der Waals surface area (Å²) in [5.41, 5.74) is -0.879. The number of benzene rings is 2. The van der Waals surface area contributed by atoms with E-state index in [0.29, 0.717) is 12.1 Å². The molecule has 6 nitrogen and oxygen atoms in total. The molecule has 0 unspecified atom stereocenters. The molecule has 1 N–H and O–H groups in total. The number of rotatable bonds is 5. The van der Waals surface area contributed by atoms with Gasteiger partial charge in [0.25, 0.3) is 15.9 Å². The lowest BCUT2D eigenvalue weighted by Gasteiger charge is -2.14. The highest BCUT2D eigenvalue weighted by molar-refractivity contribution is 7.92. The Morgan fingerprint density at radius 3 is 2.26 bits per heavy atom. The van der Waals surface area contributed by atoms with E-state index < -0.39 is 32.6 Å². The Hall–Kier alpha value is -2.30. The molecule has 0 atom stereocenters. The summed E-state index contributed by atoms with van der Waals surface area (Å²) in [7, 11) is -1.68. The summed E-state index contributed by atoms with van der Waals surface area (Å²) in [6, 6.07) is 7.25. The number of hydrogen-bond donors (Lipinski definition) is 1. The smallest absolute Gasteiger partial charge is 0.280 e. The Morgan fingerprint density at radius 2 is 1.74 bits per heavy atom. The molecule has 27 heavy (non-hydrogen) atoms. The van der Waals surface area contributed by atoms with Gasteiger partial charge in [-0.15, -0.1) is 0 Å². The minimum atomic E-state index is -4.72. The van der Waals surface area contributed by atoms with Gasteiger partial charge in [0.15, 0.2) is 0 Å². The van der Waals surface area contributed by atoms with Crippen molar-refractivity contribution in [2.24, 2.45) is 0 Å². The van der Waals surface area contributed by atoms with Crippen LogP contribution in [0.25, 0.3) is 0 Å². The summed E-state index contributed by atoms with van der Waals surface area (Å²) in [6.07, 6.45) is -4.72. The zero-order valence-electron chi connectivity index (χ0n) is 14.0. The van der Waals surface area contributed by atoms with Gasteiger partial charge in [-0.25, -0.2) is 13.5 Å². The van der Waals surface area contributed by atoms with Crippen molar-refractivity contribution in [1.82, 2.24) is 5.06 Å². The number of hydrogen-bond acceptors (Lipinski definition) is 4. The van der Waals surface area contributed by atoms with E-state index in [0.717, 1.165) is 11.1 Å². The van der Waals surface area contributed by atoms with Crippen molar-refractivity contribution in [2.45, 2.75) is 11.1 Å². The topological polar surface area (TPSA) is 75.7 Å². The molecule has 2 aromatic rings. The maximum absolute atomic E-state index is 12.8. The molecule has 0 aliphatic carbocycles. The quantitative estimate of drug-likeness (QED) is 0.744. The molecule has 11 heteroatoms. The molecule has 0 aliphatic rings. The van der Waals surface area contributed by atoms with E-state index in [4.69, 9.17) is 16.4 Å². The third kappa shape index (κ3) is 4.90. The molecular formula is C16H14ClF3N2O4S. The lowest BCUT2D eigenvalue weighted by molar-refractivity contribution is -0.137. The molecule has 1 amide bonds. The Kier molecular flexibility index (Phi) is 6.03. The number of amides is 1. The number of anilines is 1. The first kappa shape index (κ1) is 21.0. The van der Waals surface area contributed by atoms with E-state index in [2.05, 4.69) is 4.72 Å². The zero-order valence-corrected chi connectivity index (χ0v) is 15.6. The number of alkyl halides is 3. The number of nitrogens with zero attached hydrogens (tertiary/aromatic N) is 1. The number of carbonyl (C=O) groups excluding carboxylic acids is 1. The van der Waals surface area contributed by atoms with Gasteiger partial charge in [-0.05, 0) is 42.5 Å². The van der Waals surface area contributed by atoms with Crippen LogP contribution in [0.4, 0.5) is 18.9 Å². The highest BCUT2D eigenvalue weighted by Crippen LogP contribution is 2.34. The summed E-state index contributed by atoms with van der Waals surface area (Å²) >= 11 is 5.76. The second kappa shape index (κ2) is 7.75. The maximum atomic E-state index is 12.8. The van der Waals surface area contributed by atoms with Crippen LogP contribution in [0.15, 0.2) is 47.4 Å². The van der Waals surface area contributed by atoms with Crippen LogP contribution < -0.4 is 4.72 Å². The Bertz CT molecular complexity index is 947. The van der Waals surface area contributed by atoms with E-state index in [1.165, 1.54) is 38.4 Å². The van der Waals surface area contributed by atoms with Crippen LogP contribution in [0.2, 0.25) is 5.02 Å². The van der Waals surface area contributed by atoms with Crippen LogP contribution in [0.3, 0.4) is 0 Å². The highest BCUT2D eigenvalue weighted by atomic mass is 35.5. The minimum absolute atomic E-state index is 0.0418. The number of nitrogens with one attached hydrogen (secondary N) is 1. The van der Waals surface area contributed by atoms with Gasteiger partial charge < -0.3 is 0 Å². The van der Waals surface area contributed by atoms with Crippen molar-refractivity contribution < 1.29 is 31.2 Å². The van der Waals surface area contributed by atoms with Crippen LogP contribution in [-0.2, 0) is 21.0 Å². The average Bonchev–Trinajstić information content (AvgIpc) is 2.60. The largest absolute Gasteiger partial charge is 0.416 e. The first-order chi connectivity index (χ1) is 12.5. The molecule has 0 saturated heterocycles. The van der Waals surface area contributed by atoms with Gasteiger partial charge in [0.05, 0.1) is 17.7 Å². The summed E-state index contributed by atoms with van der Waals surface area (Å²) in [5, 5.41) is 0.616. The summed E-state index contributed by atoms with van der Waals surface area (Å²) in [5.74, 6) is -0.465. The zero-order chi connectivity index (χ0) is 20.4. The lowest BCUT2D eigenvalue weighted by atomic mass is 10.2. The predicted octanol–water partition coefficient (Wildman–Crippen LogP) is 3.79. The van der Waals surface area contributed by atoms with E-state index in [1.807, 2.05) is 0 Å². The first-order valence-electron chi connectivity index (χ1n) is 7.27. The molecule has 146 valence electrons. The molecule has 0 saturated carbocycles. The monoisotopic (exact) mass is 422 g/mol. The minimum Gasteiger partial charge on any atom is -0.280 e. The normalized spacial score (nSPS) is 11.9. The maximum Gasteiger partial charge on any atom is 0.416 e. The van der Waals surface area contributed by atoms with Gasteiger partial charge >= 0.3 is 6.18 Å². The van der Waals surface area contributed by atoms with Crippen LogP contribution >= 0.6 is 11.6 Å². The molecule has 0 radical (unpaired) electrons. The fraction of sp³-hybridized carbons (Fsp3) is 0.188. The van der Waals surface area contributed by atoms with Crippen molar-refractivity contribution in [3.8, 4) is 0 Å². The number of carbonyl (C=O) groups is 1. The van der Waals surface area contributed by atoms with Crippen molar-refractivity contribution >= 4 is 33.2 Å². The SMILES string of the molecule is CON(C)C(=O)c1ccc(NS(=O)(=O)c2cc(C(F)(F)F)ccc2Cl)cc1. The number of sulfonamides is 1. The fourth-order valence-corrected chi connectivity index (χ4v) is 3.63. The van der Waals surface area contributed by atoms with Crippen LogP contribution in [0.1, 0.15) is 15.9 Å². The van der Waals surface area contributed by atoms with Gasteiger partial charge in [-0.3, -0.25) is 14.4 Å². The van der Waals surface area contributed by atoms with Gasteiger partial charge in [-0.1, -0.05) is 11.6 Å². The molecule has 2 aromatic carbocycles. The highest BCUT2D eigenvalue weighted by Gasteiger charge is 2.32. The average molecular weight is 423 g/mol. The Balaban J connectivity index is 2.30. The second-order valence-corrected chi connectivity index (χ2v) is 7.37. The molecule has 0 aliphatic heterocycles. The Labute approximate surface area is 158 Å². The summed E-state index contributed by atoms with van der Waals surface area (Å²) in [6.45, 7) is 0. The molecule has 0 fully saturated rings. The number of hydroxylamine groups is 2. The van der Waals surface area contributed by atoms with E-state index in [9.17, 15) is 26.4 Å². The lowest BCUT2D eigenvalue weighted by Crippen LogP contribution is -2.25. The van der Waals surface area contributed by atoms with E-state index in [1.54, 1.807) is 0 Å². The van der Waals surface area contributed by atoms with Gasteiger partial charge in [-0.2, -0.15) is 13.2 Å². The first-order valence-corrected chi connectivity index (χ1v) is 9.13. The predicted molar refractivity (Wildman–Crippen MR) is 92.8 cm³/mol. The van der Waals surface area contributed by atoms with Crippen molar-refractivity contribution in [3.05, 3.63) is 58.6 Å². The van der Waals surface area contributed by atoms with Crippen LogP contribution in [-0.4, -0.2) is 33.5 Å². The second-order valence-electron chi connectivity index (χ2n) is 5.31. The molecule has 2 rings (SSSR count). The third-order valence-corrected chi connectivity index (χ3v) is 5.35. The van der Waals surface area contributed by atoms with E-state index >= 15 is 0 Å².